The highest BCUT2D eigenvalue weighted by atomic mass is 32.1. The van der Waals surface area contributed by atoms with Crippen molar-refractivity contribution in [1.29, 1.82) is 0 Å². The molecule has 0 spiro atoms. The quantitative estimate of drug-likeness (QED) is 0.681. The average molecular weight is 276 g/mol. The molecule has 4 nitrogen and oxygen atoms in total. The van der Waals surface area contributed by atoms with Crippen LogP contribution in [0.15, 0.2) is 17.1 Å². The second kappa shape index (κ2) is 5.16. The molecule has 0 unspecified atom stereocenters. The number of methoxy groups -OCH3 is 1. The third-order valence-corrected chi connectivity index (χ3v) is 2.12. The van der Waals surface area contributed by atoms with Crippen molar-refractivity contribution in [3.8, 4) is 5.75 Å². The Morgan fingerprint density at radius 2 is 2.11 bits per heavy atom. The summed E-state index contributed by atoms with van der Waals surface area (Å²) >= 11 is 4.32. The maximum Gasteiger partial charge on any atom is 0.420 e. The topological polar surface area (TPSA) is 64.7 Å². The number of carbonyl (C=O) groups is 1. The molecule has 0 saturated carbocycles. The SMILES string of the molecule is COc1c(N=C=S)cc(C(N)=O)cc1C(F)(F)F. The van der Waals surface area contributed by atoms with Gasteiger partial charge in [-0.15, -0.1) is 0 Å². The molecule has 0 aliphatic carbocycles. The van der Waals surface area contributed by atoms with E-state index in [9.17, 15) is 18.0 Å². The fourth-order valence-electron chi connectivity index (χ4n) is 1.31. The van der Waals surface area contributed by atoms with Crippen LogP contribution in [0.5, 0.6) is 5.75 Å². The van der Waals surface area contributed by atoms with Crippen LogP contribution in [0.2, 0.25) is 0 Å². The van der Waals surface area contributed by atoms with Gasteiger partial charge in [0.1, 0.15) is 11.3 Å². The number of hydrogen-bond donors (Lipinski definition) is 1. The molecule has 1 amide bonds. The maximum atomic E-state index is 12.8. The molecule has 0 saturated heterocycles. The van der Waals surface area contributed by atoms with Gasteiger partial charge in [0.2, 0.25) is 5.91 Å². The van der Waals surface area contributed by atoms with E-state index in [1.54, 1.807) is 0 Å². The summed E-state index contributed by atoms with van der Waals surface area (Å²) in [6, 6.07) is 1.65. The number of rotatable bonds is 3. The molecule has 0 aliphatic heterocycles. The Bertz CT molecular complexity index is 537. The van der Waals surface area contributed by atoms with Crippen molar-refractivity contribution in [1.82, 2.24) is 0 Å². The number of isothiocyanates is 1. The Kier molecular flexibility index (Phi) is 4.05. The van der Waals surface area contributed by atoms with Gasteiger partial charge in [0.15, 0.2) is 5.75 Å². The molecule has 1 aromatic rings. The predicted molar refractivity (Wildman–Crippen MR) is 61.2 cm³/mol. The molecular formula is C10H7F3N2O2S. The summed E-state index contributed by atoms with van der Waals surface area (Å²) in [6.45, 7) is 0. The molecule has 1 aromatic carbocycles. The molecule has 0 fully saturated rings. The van der Waals surface area contributed by atoms with Crippen molar-refractivity contribution in [2.24, 2.45) is 10.7 Å². The highest BCUT2D eigenvalue weighted by Gasteiger charge is 2.36. The first-order valence-electron chi connectivity index (χ1n) is 4.48. The van der Waals surface area contributed by atoms with Crippen molar-refractivity contribution in [3.05, 3.63) is 23.3 Å². The number of alkyl halides is 3. The van der Waals surface area contributed by atoms with Gasteiger partial charge in [-0.3, -0.25) is 4.79 Å². The molecule has 0 bridgehead atoms. The summed E-state index contributed by atoms with van der Waals surface area (Å²) in [5.74, 6) is -1.55. The average Bonchev–Trinajstić information content (AvgIpc) is 2.27. The number of benzene rings is 1. The predicted octanol–water partition coefficient (Wildman–Crippen LogP) is 2.55. The summed E-state index contributed by atoms with van der Waals surface area (Å²) in [5.41, 5.74) is 3.21. The van der Waals surface area contributed by atoms with Crippen molar-refractivity contribution >= 4 is 29.0 Å². The third-order valence-electron chi connectivity index (χ3n) is 2.03. The van der Waals surface area contributed by atoms with Crippen LogP contribution >= 0.6 is 12.2 Å². The van der Waals surface area contributed by atoms with E-state index in [4.69, 9.17) is 5.73 Å². The maximum absolute atomic E-state index is 12.8. The molecule has 0 atom stereocenters. The summed E-state index contributed by atoms with van der Waals surface area (Å²) in [4.78, 5) is 14.4. The fourth-order valence-corrected chi connectivity index (χ4v) is 1.41. The van der Waals surface area contributed by atoms with Gasteiger partial charge in [-0.1, -0.05) is 0 Å². The second-order valence-electron chi connectivity index (χ2n) is 3.14. The van der Waals surface area contributed by atoms with E-state index < -0.39 is 23.4 Å². The number of carbonyl (C=O) groups excluding carboxylic acids is 1. The molecule has 0 radical (unpaired) electrons. The minimum absolute atomic E-state index is 0.254. The van der Waals surface area contributed by atoms with E-state index in [1.807, 2.05) is 5.16 Å². The van der Waals surface area contributed by atoms with Gasteiger partial charge in [0.05, 0.1) is 12.3 Å². The van der Waals surface area contributed by atoms with Crippen LogP contribution in [0.1, 0.15) is 15.9 Å². The zero-order chi connectivity index (χ0) is 13.9. The number of primary amides is 1. The van der Waals surface area contributed by atoms with Crippen molar-refractivity contribution in [2.75, 3.05) is 7.11 Å². The Morgan fingerprint density at radius 1 is 1.50 bits per heavy atom. The lowest BCUT2D eigenvalue weighted by Crippen LogP contribution is -2.14. The van der Waals surface area contributed by atoms with Gasteiger partial charge in [0, 0.05) is 5.56 Å². The van der Waals surface area contributed by atoms with Gasteiger partial charge in [-0.05, 0) is 24.4 Å². The van der Waals surface area contributed by atoms with Crippen molar-refractivity contribution in [2.45, 2.75) is 6.18 Å². The smallest absolute Gasteiger partial charge is 0.420 e. The number of aliphatic imine (C=N–C) groups is 1. The summed E-state index contributed by atoms with van der Waals surface area (Å²) in [5, 5.41) is 1.91. The lowest BCUT2D eigenvalue weighted by molar-refractivity contribution is -0.138. The van der Waals surface area contributed by atoms with E-state index in [1.165, 1.54) is 0 Å². The van der Waals surface area contributed by atoms with Crippen LogP contribution in [0, 0.1) is 0 Å². The number of nitrogens with zero attached hydrogens (tertiary/aromatic N) is 1. The van der Waals surface area contributed by atoms with Crippen LogP contribution in [-0.4, -0.2) is 18.2 Å². The number of ether oxygens (including phenoxy) is 1. The molecular weight excluding hydrogens is 269 g/mol. The first kappa shape index (κ1) is 14.1. The standard InChI is InChI=1S/C10H7F3N2O2S/c1-17-8-6(10(11,12)13)2-5(9(14)16)3-7(8)15-4-18/h2-3H,1H3,(H2,14,16). The third kappa shape index (κ3) is 2.85. The van der Waals surface area contributed by atoms with Gasteiger partial charge in [-0.25, -0.2) is 0 Å². The normalized spacial score (nSPS) is 10.7. The number of thiocarbonyl (C=S) groups is 1. The molecule has 2 N–H and O–H groups in total. The zero-order valence-corrected chi connectivity index (χ0v) is 9.85. The Labute approximate surface area is 105 Å². The highest BCUT2D eigenvalue weighted by molar-refractivity contribution is 7.78. The molecule has 96 valence electrons. The second-order valence-corrected chi connectivity index (χ2v) is 3.32. The monoisotopic (exact) mass is 276 g/mol. The Balaban J connectivity index is 3.66. The van der Waals surface area contributed by atoms with E-state index >= 15 is 0 Å². The summed E-state index contributed by atoms with van der Waals surface area (Å²) in [6.07, 6.45) is -4.71. The van der Waals surface area contributed by atoms with Crippen molar-refractivity contribution in [3.63, 3.8) is 0 Å². The van der Waals surface area contributed by atoms with E-state index in [2.05, 4.69) is 21.9 Å². The van der Waals surface area contributed by atoms with E-state index in [-0.39, 0.29) is 11.3 Å². The lowest BCUT2D eigenvalue weighted by atomic mass is 10.1. The number of nitrogens with two attached hydrogens (primary N) is 1. The van der Waals surface area contributed by atoms with Gasteiger partial charge in [-0.2, -0.15) is 18.2 Å². The fraction of sp³-hybridized carbons (Fsp3) is 0.200. The van der Waals surface area contributed by atoms with Gasteiger partial charge >= 0.3 is 6.18 Å². The molecule has 0 aliphatic rings. The Morgan fingerprint density at radius 3 is 2.50 bits per heavy atom. The minimum Gasteiger partial charge on any atom is -0.494 e. The van der Waals surface area contributed by atoms with Gasteiger partial charge < -0.3 is 10.5 Å². The number of hydrogen-bond acceptors (Lipinski definition) is 4. The van der Waals surface area contributed by atoms with Crippen LogP contribution < -0.4 is 10.5 Å². The van der Waals surface area contributed by atoms with E-state index in [0.717, 1.165) is 13.2 Å². The van der Waals surface area contributed by atoms with Crippen molar-refractivity contribution < 1.29 is 22.7 Å². The summed E-state index contributed by atoms with van der Waals surface area (Å²) < 4.78 is 43.0. The minimum atomic E-state index is -4.71. The Hall–Kier alpha value is -1.92. The lowest BCUT2D eigenvalue weighted by Gasteiger charge is -2.14. The van der Waals surface area contributed by atoms with E-state index in [0.29, 0.717) is 6.07 Å². The molecule has 8 heteroatoms. The molecule has 18 heavy (non-hydrogen) atoms. The first-order chi connectivity index (χ1) is 8.31. The number of halogens is 3. The van der Waals surface area contributed by atoms with Crippen LogP contribution in [0.25, 0.3) is 0 Å². The van der Waals surface area contributed by atoms with Crippen LogP contribution in [0.3, 0.4) is 0 Å². The van der Waals surface area contributed by atoms with Crippen LogP contribution in [-0.2, 0) is 6.18 Å². The first-order valence-corrected chi connectivity index (χ1v) is 4.89. The van der Waals surface area contributed by atoms with Crippen LogP contribution in [0.4, 0.5) is 18.9 Å². The number of amides is 1. The molecule has 0 aromatic heterocycles. The highest BCUT2D eigenvalue weighted by Crippen LogP contribution is 2.42. The van der Waals surface area contributed by atoms with Gasteiger partial charge in [0.25, 0.3) is 0 Å². The largest absolute Gasteiger partial charge is 0.494 e. The molecule has 1 rings (SSSR count). The zero-order valence-electron chi connectivity index (χ0n) is 9.04. The summed E-state index contributed by atoms with van der Waals surface area (Å²) in [7, 11) is 1.05. The molecule has 0 heterocycles.